The van der Waals surface area contributed by atoms with Gasteiger partial charge in [0.05, 0.1) is 41.2 Å². The van der Waals surface area contributed by atoms with Gasteiger partial charge in [-0.15, -0.1) is 0 Å². The van der Waals surface area contributed by atoms with E-state index in [9.17, 15) is 34.7 Å². The largest absolute Gasteiger partial charge is 0.394 e. The predicted octanol–water partition coefficient (Wildman–Crippen LogP) is 5.39. The number of carbonyl (C=O) groups excluding carboxylic acids is 3. The lowest BCUT2D eigenvalue weighted by Crippen LogP contribution is -2.46. The molecule has 0 aromatic heterocycles. The SMILES string of the molecule is C[C@@H](/C=C/CC(=O)N1Cc2ccccc2C[C@H]1CO)[C@]1(O)C(=O)N(Cc2cccc(N3N=C(c4ccccc4)CCC3=O)c2)c2ccc([N+](=O)[O-])cc21. The van der Waals surface area contributed by atoms with Crippen LogP contribution in [-0.4, -0.2) is 56.1 Å². The molecule has 0 unspecified atom stereocenters. The van der Waals surface area contributed by atoms with E-state index < -0.39 is 22.3 Å². The van der Waals surface area contributed by atoms with E-state index in [0.29, 0.717) is 36.3 Å². The number of fused-ring (bicyclic) bond motifs is 2. The number of hydrogen-bond donors (Lipinski definition) is 2. The maximum Gasteiger partial charge on any atom is 0.269 e. The minimum Gasteiger partial charge on any atom is -0.394 e. The Hall–Kier alpha value is -5.98. The highest BCUT2D eigenvalue weighted by molar-refractivity contribution is 6.09. The van der Waals surface area contributed by atoms with Crippen LogP contribution in [0.4, 0.5) is 17.1 Å². The molecule has 0 aliphatic carbocycles. The summed E-state index contributed by atoms with van der Waals surface area (Å²) in [4.78, 5) is 54.9. The quantitative estimate of drug-likeness (QED) is 0.127. The molecule has 12 nitrogen and oxygen atoms in total. The van der Waals surface area contributed by atoms with Crippen molar-refractivity contribution in [2.24, 2.45) is 11.0 Å². The third kappa shape index (κ3) is 6.74. The second kappa shape index (κ2) is 14.6. The van der Waals surface area contributed by atoms with Gasteiger partial charge in [0.15, 0.2) is 5.60 Å². The molecule has 270 valence electrons. The van der Waals surface area contributed by atoms with Gasteiger partial charge in [-0.1, -0.05) is 85.8 Å². The third-order valence-electron chi connectivity index (χ3n) is 10.4. The van der Waals surface area contributed by atoms with Gasteiger partial charge in [-0.05, 0) is 46.9 Å². The van der Waals surface area contributed by atoms with Crippen LogP contribution in [0.1, 0.15) is 54.0 Å². The van der Waals surface area contributed by atoms with Crippen LogP contribution in [-0.2, 0) is 39.5 Å². The van der Waals surface area contributed by atoms with Crippen LogP contribution >= 0.6 is 0 Å². The number of non-ortho nitro benzene ring substituents is 1. The number of anilines is 2. The summed E-state index contributed by atoms with van der Waals surface area (Å²) in [5.74, 6) is -1.93. The number of aliphatic hydroxyl groups excluding tert-OH is 1. The molecule has 0 bridgehead atoms. The van der Waals surface area contributed by atoms with E-state index in [1.807, 2.05) is 54.6 Å². The van der Waals surface area contributed by atoms with E-state index in [-0.39, 0.29) is 55.1 Å². The molecule has 4 aromatic carbocycles. The highest BCUT2D eigenvalue weighted by Crippen LogP contribution is 2.47. The van der Waals surface area contributed by atoms with Gasteiger partial charge in [0.1, 0.15) is 0 Å². The van der Waals surface area contributed by atoms with Crippen molar-refractivity contribution in [3.8, 4) is 0 Å². The molecule has 0 spiro atoms. The van der Waals surface area contributed by atoms with Gasteiger partial charge < -0.3 is 20.0 Å². The van der Waals surface area contributed by atoms with Crippen molar-refractivity contribution in [2.45, 2.75) is 57.3 Å². The van der Waals surface area contributed by atoms with Crippen molar-refractivity contribution in [2.75, 3.05) is 16.5 Å². The van der Waals surface area contributed by atoms with Crippen LogP contribution in [0.5, 0.6) is 0 Å². The second-order valence-electron chi connectivity index (χ2n) is 13.7. The van der Waals surface area contributed by atoms with Crippen molar-refractivity contribution in [3.05, 3.63) is 147 Å². The van der Waals surface area contributed by atoms with Gasteiger partial charge in [-0.2, -0.15) is 5.10 Å². The minimum atomic E-state index is -2.17. The number of hydrazone groups is 1. The zero-order valence-corrected chi connectivity index (χ0v) is 29.2. The van der Waals surface area contributed by atoms with Crippen molar-refractivity contribution >= 4 is 40.5 Å². The summed E-state index contributed by atoms with van der Waals surface area (Å²) < 4.78 is 0. The first kappa shape index (κ1) is 35.4. The topological polar surface area (TPSA) is 157 Å². The molecule has 2 N–H and O–H groups in total. The van der Waals surface area contributed by atoms with Crippen LogP contribution in [0.15, 0.2) is 114 Å². The van der Waals surface area contributed by atoms with Crippen molar-refractivity contribution in [1.29, 1.82) is 0 Å². The summed E-state index contributed by atoms with van der Waals surface area (Å²) in [5, 5.41) is 40.1. The lowest BCUT2D eigenvalue weighted by atomic mass is 9.82. The zero-order chi connectivity index (χ0) is 37.3. The van der Waals surface area contributed by atoms with E-state index in [4.69, 9.17) is 0 Å². The third-order valence-corrected chi connectivity index (χ3v) is 10.4. The summed E-state index contributed by atoms with van der Waals surface area (Å²) in [5.41, 5.74) is 2.95. The highest BCUT2D eigenvalue weighted by atomic mass is 16.6. The average Bonchev–Trinajstić information content (AvgIpc) is 3.39. The number of aliphatic hydroxyl groups is 2. The molecule has 0 saturated carbocycles. The van der Waals surface area contributed by atoms with Crippen LogP contribution < -0.4 is 9.91 Å². The highest BCUT2D eigenvalue weighted by Gasteiger charge is 2.53. The fraction of sp³-hybridized carbons (Fsp3) is 0.268. The lowest BCUT2D eigenvalue weighted by molar-refractivity contribution is -0.385. The van der Waals surface area contributed by atoms with E-state index in [1.165, 1.54) is 28.1 Å². The number of carbonyl (C=O) groups is 3. The number of benzene rings is 4. The van der Waals surface area contributed by atoms with Gasteiger partial charge in [0.2, 0.25) is 11.8 Å². The Labute approximate surface area is 306 Å². The molecule has 3 amide bonds. The molecule has 0 fully saturated rings. The summed E-state index contributed by atoms with van der Waals surface area (Å²) >= 11 is 0. The first-order valence-corrected chi connectivity index (χ1v) is 17.6. The summed E-state index contributed by atoms with van der Waals surface area (Å²) in [6.07, 6.45) is 4.48. The molecule has 3 atom stereocenters. The number of nitrogens with zero attached hydrogens (tertiary/aromatic N) is 5. The molecular weight excluding hydrogens is 674 g/mol. The first-order valence-electron chi connectivity index (χ1n) is 17.6. The molecule has 3 heterocycles. The fourth-order valence-electron chi connectivity index (χ4n) is 7.44. The molecule has 12 heteroatoms. The monoisotopic (exact) mass is 713 g/mol. The minimum absolute atomic E-state index is 0.00494. The Morgan fingerprint density at radius 1 is 1.00 bits per heavy atom. The molecule has 0 radical (unpaired) electrons. The average molecular weight is 714 g/mol. The molecule has 53 heavy (non-hydrogen) atoms. The molecule has 3 aliphatic heterocycles. The normalized spacial score (nSPS) is 20.3. The Balaban J connectivity index is 1.13. The van der Waals surface area contributed by atoms with Crippen LogP contribution in [0.25, 0.3) is 0 Å². The first-order chi connectivity index (χ1) is 25.6. The van der Waals surface area contributed by atoms with Crippen molar-refractivity contribution < 1.29 is 29.5 Å². The van der Waals surface area contributed by atoms with E-state index in [2.05, 4.69) is 5.10 Å². The zero-order valence-electron chi connectivity index (χ0n) is 29.2. The maximum absolute atomic E-state index is 14.3. The standard InChI is InChI=1S/C41H39N5O7/c1-27(9-7-16-38(48)43-25-31-14-6-5-13-30(31)22-34(43)26-47)41(51)35-23-33(46(52)53)17-19-37(35)44(40(41)50)24-28-10-8-15-32(21-28)45-39(49)20-18-36(42-45)29-11-3-2-4-12-29/h2-15,17,19,21,23,27,34,47,51H,16,18,20,22,24-26H2,1H3/b9-7+/t27-,34-,41+/m0/s1. The predicted molar refractivity (Wildman–Crippen MR) is 199 cm³/mol. The van der Waals surface area contributed by atoms with Gasteiger partial charge in [-0.3, -0.25) is 24.5 Å². The van der Waals surface area contributed by atoms with E-state index in [0.717, 1.165) is 22.4 Å². The number of amides is 3. The lowest BCUT2D eigenvalue weighted by Gasteiger charge is -2.36. The van der Waals surface area contributed by atoms with Crippen LogP contribution in [0.2, 0.25) is 0 Å². The van der Waals surface area contributed by atoms with Crippen LogP contribution in [0, 0.1) is 16.0 Å². The smallest absolute Gasteiger partial charge is 0.269 e. The molecule has 4 aromatic rings. The molecule has 0 saturated heterocycles. The maximum atomic E-state index is 14.3. The summed E-state index contributed by atoms with van der Waals surface area (Å²) in [6, 6.07) is 28.1. The number of nitro groups is 1. The Kier molecular flexibility index (Phi) is 9.74. The fourth-order valence-corrected chi connectivity index (χ4v) is 7.44. The summed E-state index contributed by atoms with van der Waals surface area (Å²) in [6.45, 7) is 1.82. The van der Waals surface area contributed by atoms with E-state index >= 15 is 0 Å². The van der Waals surface area contributed by atoms with Gasteiger partial charge in [-0.25, -0.2) is 5.01 Å². The second-order valence-corrected chi connectivity index (χ2v) is 13.7. The Morgan fingerprint density at radius 3 is 2.51 bits per heavy atom. The van der Waals surface area contributed by atoms with Gasteiger partial charge in [0.25, 0.3) is 11.6 Å². The van der Waals surface area contributed by atoms with Gasteiger partial charge >= 0.3 is 0 Å². The molecule has 3 aliphatic rings. The van der Waals surface area contributed by atoms with E-state index in [1.54, 1.807) is 48.2 Å². The summed E-state index contributed by atoms with van der Waals surface area (Å²) in [7, 11) is 0. The number of nitro benzene ring substituents is 1. The molecule has 7 rings (SSSR count). The Morgan fingerprint density at radius 2 is 1.75 bits per heavy atom. The Bertz CT molecular complexity index is 2150. The molecular formula is C41H39N5O7. The number of hydrogen-bond acceptors (Lipinski definition) is 8. The number of rotatable bonds is 10. The van der Waals surface area contributed by atoms with Crippen molar-refractivity contribution in [3.63, 3.8) is 0 Å². The van der Waals surface area contributed by atoms with Crippen molar-refractivity contribution in [1.82, 2.24) is 4.90 Å². The van der Waals surface area contributed by atoms with Crippen LogP contribution in [0.3, 0.4) is 0 Å². The van der Waals surface area contributed by atoms with Gasteiger partial charge in [0, 0.05) is 49.4 Å².